The fourth-order valence-corrected chi connectivity index (χ4v) is 2.37. The van der Waals surface area contributed by atoms with Gasteiger partial charge in [-0.1, -0.05) is 27.7 Å². The van der Waals surface area contributed by atoms with E-state index in [-0.39, 0.29) is 5.41 Å². The first kappa shape index (κ1) is 13.5. The van der Waals surface area contributed by atoms with E-state index in [1.54, 1.807) is 0 Å². The monoisotopic (exact) mass is 224 g/mol. The second-order valence-electron chi connectivity index (χ2n) is 6.25. The number of nitriles is 1. The molecule has 1 aliphatic heterocycles. The van der Waals surface area contributed by atoms with Gasteiger partial charge in [0.25, 0.3) is 0 Å². The van der Waals surface area contributed by atoms with Gasteiger partial charge in [-0.05, 0) is 17.8 Å². The fourth-order valence-electron chi connectivity index (χ4n) is 2.37. The van der Waals surface area contributed by atoms with Crippen LogP contribution in [0, 0.1) is 28.1 Å². The molecule has 1 N–H and O–H groups in total. The molecule has 1 saturated heterocycles. The summed E-state index contributed by atoms with van der Waals surface area (Å²) in [6.45, 7) is 11.9. The van der Waals surface area contributed by atoms with Crippen LogP contribution in [0.25, 0.3) is 0 Å². The summed E-state index contributed by atoms with van der Waals surface area (Å²) in [6, 6.07) is 2.35. The molecule has 0 aromatic rings. The molecule has 0 spiro atoms. The maximum atomic E-state index is 9.04. The average molecular weight is 224 g/mol. The molecule has 0 bridgehead atoms. The van der Waals surface area contributed by atoms with E-state index < -0.39 is 0 Å². The van der Waals surface area contributed by atoms with Gasteiger partial charge in [0, 0.05) is 13.1 Å². The highest BCUT2D eigenvalue weighted by Crippen LogP contribution is 2.27. The van der Waals surface area contributed by atoms with E-state index >= 15 is 0 Å². The maximum Gasteiger partial charge on any atom is 0.116 e. The molecular formula is C13H24N2O. The molecule has 16 heavy (non-hydrogen) atoms. The summed E-state index contributed by atoms with van der Waals surface area (Å²) in [4.78, 5) is 0. The van der Waals surface area contributed by atoms with Crippen molar-refractivity contribution in [3.8, 4) is 6.07 Å². The highest BCUT2D eigenvalue weighted by atomic mass is 16.5. The van der Waals surface area contributed by atoms with Gasteiger partial charge in [0.1, 0.15) is 5.41 Å². The molecule has 0 atom stereocenters. The molecule has 0 unspecified atom stereocenters. The van der Waals surface area contributed by atoms with Crippen molar-refractivity contribution in [1.29, 1.82) is 5.26 Å². The highest BCUT2D eigenvalue weighted by Gasteiger charge is 2.38. The lowest BCUT2D eigenvalue weighted by molar-refractivity contribution is -0.0761. The molecule has 0 saturated carbocycles. The van der Waals surface area contributed by atoms with Crippen LogP contribution in [-0.2, 0) is 4.74 Å². The van der Waals surface area contributed by atoms with Crippen molar-refractivity contribution in [1.82, 2.24) is 5.32 Å². The molecule has 1 rings (SSSR count). The Hall–Kier alpha value is -0.590. The lowest BCUT2D eigenvalue weighted by Gasteiger charge is -2.36. The van der Waals surface area contributed by atoms with Crippen molar-refractivity contribution in [3.05, 3.63) is 0 Å². The summed E-state index contributed by atoms with van der Waals surface area (Å²) < 4.78 is 5.11. The number of hydrogen-bond acceptors (Lipinski definition) is 3. The minimum Gasteiger partial charge on any atom is -0.378 e. The molecule has 0 amide bonds. The first-order valence-corrected chi connectivity index (χ1v) is 6.09. The van der Waals surface area contributed by atoms with E-state index in [4.69, 9.17) is 10.00 Å². The van der Waals surface area contributed by atoms with Crippen molar-refractivity contribution in [3.63, 3.8) is 0 Å². The van der Waals surface area contributed by atoms with Gasteiger partial charge in [0.2, 0.25) is 0 Å². The molecule has 0 aliphatic carbocycles. The molecule has 0 radical (unpaired) electrons. The molecule has 1 aliphatic rings. The summed E-state index contributed by atoms with van der Waals surface area (Å²) in [5.41, 5.74) is 0.0450. The Labute approximate surface area is 99.2 Å². The van der Waals surface area contributed by atoms with E-state index in [9.17, 15) is 0 Å². The van der Waals surface area contributed by atoms with Gasteiger partial charge >= 0.3 is 0 Å². The zero-order valence-electron chi connectivity index (χ0n) is 11.0. The topological polar surface area (TPSA) is 45.0 Å². The molecular weight excluding hydrogens is 200 g/mol. The number of rotatable bonds is 6. The second kappa shape index (κ2) is 5.16. The van der Waals surface area contributed by atoms with Crippen LogP contribution in [-0.4, -0.2) is 26.3 Å². The fraction of sp³-hybridized carbons (Fsp3) is 0.923. The minimum absolute atomic E-state index is 0.256. The first-order chi connectivity index (χ1) is 7.39. The van der Waals surface area contributed by atoms with Gasteiger partial charge in [-0.3, -0.25) is 0 Å². The van der Waals surface area contributed by atoms with E-state index in [0.717, 1.165) is 13.1 Å². The summed E-state index contributed by atoms with van der Waals surface area (Å²) in [6.07, 6.45) is 1.20. The minimum atomic E-state index is -0.256. The lowest BCUT2D eigenvalue weighted by atomic mass is 9.83. The van der Waals surface area contributed by atoms with Gasteiger partial charge in [-0.2, -0.15) is 5.26 Å². The third-order valence-corrected chi connectivity index (χ3v) is 3.02. The highest BCUT2D eigenvalue weighted by molar-refractivity contribution is 5.05. The molecule has 92 valence electrons. The lowest BCUT2D eigenvalue weighted by Crippen LogP contribution is -2.50. The average Bonchev–Trinajstić information content (AvgIpc) is 2.07. The van der Waals surface area contributed by atoms with Crippen LogP contribution < -0.4 is 5.32 Å². The van der Waals surface area contributed by atoms with E-state index in [1.807, 2.05) is 0 Å². The predicted octanol–water partition coefficient (Wildman–Crippen LogP) is 2.19. The number of nitrogens with one attached hydrogen (secondary N) is 1. The van der Waals surface area contributed by atoms with Crippen LogP contribution in [0.2, 0.25) is 0 Å². The first-order valence-electron chi connectivity index (χ1n) is 6.09. The quantitative estimate of drug-likeness (QED) is 0.752. The van der Waals surface area contributed by atoms with Crippen molar-refractivity contribution >= 4 is 0 Å². The third kappa shape index (κ3) is 3.77. The summed E-state index contributed by atoms with van der Waals surface area (Å²) in [5, 5.41) is 12.5. The summed E-state index contributed by atoms with van der Waals surface area (Å²) in [7, 11) is 0. The Morgan fingerprint density at radius 3 is 2.44 bits per heavy atom. The largest absolute Gasteiger partial charge is 0.378 e. The Bertz CT molecular complexity index is 262. The molecule has 3 nitrogen and oxygen atoms in total. The summed E-state index contributed by atoms with van der Waals surface area (Å²) in [5.74, 6) is 0.716. The molecule has 0 aromatic carbocycles. The molecule has 1 heterocycles. The number of ether oxygens (including phenoxy) is 1. The smallest absolute Gasteiger partial charge is 0.116 e. The number of nitrogens with zero attached hydrogens (tertiary/aromatic N) is 1. The Morgan fingerprint density at radius 2 is 2.06 bits per heavy atom. The Kier molecular flexibility index (Phi) is 4.35. The third-order valence-electron chi connectivity index (χ3n) is 3.02. The molecule has 3 heteroatoms. The van der Waals surface area contributed by atoms with Crippen LogP contribution in [0.5, 0.6) is 0 Å². The van der Waals surface area contributed by atoms with Gasteiger partial charge in [-0.25, -0.2) is 0 Å². The second-order valence-corrected chi connectivity index (χ2v) is 6.25. The van der Waals surface area contributed by atoms with Crippen molar-refractivity contribution in [2.75, 3.05) is 26.3 Å². The Balaban J connectivity index is 2.27. The van der Waals surface area contributed by atoms with Crippen LogP contribution in [0.1, 0.15) is 34.1 Å². The number of hydrogen-bond donors (Lipinski definition) is 1. The van der Waals surface area contributed by atoms with Crippen molar-refractivity contribution in [2.24, 2.45) is 16.7 Å². The standard InChI is InChI=1S/C13H24N2O/c1-11(2)5-12(3,4)7-15-8-13(6-14)9-16-10-13/h11,15H,5,7-10H2,1-4H3. The zero-order valence-corrected chi connectivity index (χ0v) is 11.0. The van der Waals surface area contributed by atoms with E-state index in [1.165, 1.54) is 6.42 Å². The van der Waals surface area contributed by atoms with Crippen LogP contribution in [0.4, 0.5) is 0 Å². The van der Waals surface area contributed by atoms with Crippen molar-refractivity contribution < 1.29 is 4.74 Å². The van der Waals surface area contributed by atoms with Gasteiger partial charge in [-0.15, -0.1) is 0 Å². The summed E-state index contributed by atoms with van der Waals surface area (Å²) >= 11 is 0. The van der Waals surface area contributed by atoms with Crippen LogP contribution in [0.3, 0.4) is 0 Å². The van der Waals surface area contributed by atoms with Crippen molar-refractivity contribution in [2.45, 2.75) is 34.1 Å². The Morgan fingerprint density at radius 1 is 1.44 bits per heavy atom. The zero-order chi connectivity index (χ0) is 12.2. The van der Waals surface area contributed by atoms with Gasteiger partial charge < -0.3 is 10.1 Å². The van der Waals surface area contributed by atoms with E-state index in [2.05, 4.69) is 39.1 Å². The van der Waals surface area contributed by atoms with Crippen LogP contribution in [0.15, 0.2) is 0 Å². The maximum absolute atomic E-state index is 9.04. The molecule has 0 aromatic heterocycles. The van der Waals surface area contributed by atoms with E-state index in [0.29, 0.717) is 24.5 Å². The SMILES string of the molecule is CC(C)CC(C)(C)CNCC1(C#N)COC1. The van der Waals surface area contributed by atoms with Crippen LogP contribution >= 0.6 is 0 Å². The van der Waals surface area contributed by atoms with Gasteiger partial charge in [0.15, 0.2) is 0 Å². The normalized spacial score (nSPS) is 19.2. The predicted molar refractivity (Wildman–Crippen MR) is 65.0 cm³/mol. The van der Waals surface area contributed by atoms with Gasteiger partial charge in [0.05, 0.1) is 19.3 Å². The molecule has 1 fully saturated rings.